The first-order chi connectivity index (χ1) is 8.48. The first-order valence-corrected chi connectivity index (χ1v) is 7.53. The van der Waals surface area contributed by atoms with Crippen molar-refractivity contribution in [1.29, 1.82) is 0 Å². The molecule has 3 N–H and O–H groups in total. The lowest BCUT2D eigenvalue weighted by molar-refractivity contribution is 0.382. The molecule has 0 bridgehead atoms. The van der Waals surface area contributed by atoms with Gasteiger partial charge in [0.05, 0.1) is 5.54 Å². The van der Waals surface area contributed by atoms with Crippen LogP contribution in [0.3, 0.4) is 0 Å². The molecular formula is C15H23BrN2. The van der Waals surface area contributed by atoms with E-state index >= 15 is 0 Å². The molecule has 18 heavy (non-hydrogen) atoms. The Morgan fingerprint density at radius 1 is 1.39 bits per heavy atom. The fraction of sp³-hybridized carbons (Fsp3) is 0.600. The van der Waals surface area contributed by atoms with Crippen LogP contribution < -0.4 is 11.1 Å². The van der Waals surface area contributed by atoms with E-state index in [4.69, 9.17) is 5.73 Å². The normalized spacial score (nSPS) is 27.5. The van der Waals surface area contributed by atoms with Crippen LogP contribution in [0.25, 0.3) is 0 Å². The fourth-order valence-corrected chi connectivity index (χ4v) is 3.32. The molecule has 1 aromatic carbocycles. The molecule has 2 atom stereocenters. The average Bonchev–Trinajstić information content (AvgIpc) is 2.68. The van der Waals surface area contributed by atoms with E-state index in [0.717, 1.165) is 0 Å². The molecular weight excluding hydrogens is 288 g/mol. The third-order valence-electron chi connectivity index (χ3n) is 4.40. The van der Waals surface area contributed by atoms with Crippen LogP contribution in [-0.2, 0) is 0 Å². The molecule has 3 heteroatoms. The molecule has 0 saturated heterocycles. The lowest BCUT2D eigenvalue weighted by Crippen LogP contribution is -2.47. The van der Waals surface area contributed by atoms with Gasteiger partial charge in [0.2, 0.25) is 0 Å². The van der Waals surface area contributed by atoms with E-state index in [9.17, 15) is 0 Å². The summed E-state index contributed by atoms with van der Waals surface area (Å²) in [5.41, 5.74) is 9.88. The standard InChI is InChI=1S/C15H23BrN2/c1-10-7-13(8-11(2)14(10)16)18-15(9-17)6-4-5-12(15)3/h7-8,12,18H,4-6,9,17H2,1-3H3. The first kappa shape index (κ1) is 13.9. The maximum absolute atomic E-state index is 6.04. The summed E-state index contributed by atoms with van der Waals surface area (Å²) in [7, 11) is 0. The summed E-state index contributed by atoms with van der Waals surface area (Å²) in [4.78, 5) is 0. The number of benzene rings is 1. The molecule has 0 heterocycles. The Balaban J connectivity index is 2.28. The van der Waals surface area contributed by atoms with Crippen molar-refractivity contribution in [1.82, 2.24) is 0 Å². The molecule has 0 spiro atoms. The van der Waals surface area contributed by atoms with Gasteiger partial charge < -0.3 is 11.1 Å². The topological polar surface area (TPSA) is 38.0 Å². The van der Waals surface area contributed by atoms with Crippen molar-refractivity contribution >= 4 is 21.6 Å². The number of nitrogens with one attached hydrogen (secondary N) is 1. The number of rotatable bonds is 3. The van der Waals surface area contributed by atoms with Gasteiger partial charge in [-0.1, -0.05) is 29.3 Å². The van der Waals surface area contributed by atoms with Gasteiger partial charge in [-0.15, -0.1) is 0 Å². The summed E-state index contributed by atoms with van der Waals surface area (Å²) in [6, 6.07) is 4.42. The minimum Gasteiger partial charge on any atom is -0.378 e. The third-order valence-corrected chi connectivity index (χ3v) is 5.65. The van der Waals surface area contributed by atoms with Crippen LogP contribution in [0.15, 0.2) is 16.6 Å². The lowest BCUT2D eigenvalue weighted by Gasteiger charge is -2.35. The Kier molecular flexibility index (Phi) is 4.02. The Labute approximate surface area is 118 Å². The fourth-order valence-electron chi connectivity index (χ4n) is 3.09. The summed E-state index contributed by atoms with van der Waals surface area (Å²) in [5.74, 6) is 0.645. The summed E-state index contributed by atoms with van der Waals surface area (Å²) in [6.07, 6.45) is 3.73. The van der Waals surface area contributed by atoms with Crippen LogP contribution in [0.4, 0.5) is 5.69 Å². The van der Waals surface area contributed by atoms with E-state index in [1.54, 1.807) is 0 Å². The van der Waals surface area contributed by atoms with Gasteiger partial charge in [0.15, 0.2) is 0 Å². The van der Waals surface area contributed by atoms with Gasteiger partial charge in [-0.25, -0.2) is 0 Å². The van der Waals surface area contributed by atoms with Crippen LogP contribution in [0.1, 0.15) is 37.3 Å². The third kappa shape index (κ3) is 2.43. The van der Waals surface area contributed by atoms with E-state index in [-0.39, 0.29) is 5.54 Å². The molecule has 0 aromatic heterocycles. The molecule has 2 rings (SSSR count). The van der Waals surface area contributed by atoms with Gasteiger partial charge >= 0.3 is 0 Å². The Bertz CT molecular complexity index is 421. The molecule has 0 radical (unpaired) electrons. The Hall–Kier alpha value is -0.540. The number of hydrogen-bond acceptors (Lipinski definition) is 2. The SMILES string of the molecule is Cc1cc(NC2(CN)CCCC2C)cc(C)c1Br. The van der Waals surface area contributed by atoms with E-state index in [1.165, 1.54) is 40.5 Å². The molecule has 100 valence electrons. The molecule has 2 unspecified atom stereocenters. The minimum atomic E-state index is 0.0900. The number of anilines is 1. The molecule has 1 aliphatic rings. The van der Waals surface area contributed by atoms with E-state index in [0.29, 0.717) is 12.5 Å². The second kappa shape index (κ2) is 5.22. The Morgan fingerprint density at radius 3 is 2.44 bits per heavy atom. The van der Waals surface area contributed by atoms with Crippen molar-refractivity contribution in [3.63, 3.8) is 0 Å². The van der Waals surface area contributed by atoms with Gasteiger partial charge in [0.1, 0.15) is 0 Å². The Morgan fingerprint density at radius 2 is 2.00 bits per heavy atom. The largest absolute Gasteiger partial charge is 0.378 e. The first-order valence-electron chi connectivity index (χ1n) is 6.73. The summed E-state index contributed by atoms with van der Waals surface area (Å²) in [6.45, 7) is 7.29. The summed E-state index contributed by atoms with van der Waals surface area (Å²) in [5, 5.41) is 3.72. The lowest BCUT2D eigenvalue weighted by atomic mass is 9.88. The van der Waals surface area contributed by atoms with Crippen LogP contribution in [0, 0.1) is 19.8 Å². The van der Waals surface area contributed by atoms with Crippen molar-refractivity contribution in [2.24, 2.45) is 11.7 Å². The summed E-state index contributed by atoms with van der Waals surface area (Å²) < 4.78 is 1.20. The molecule has 1 aromatic rings. The molecule has 1 saturated carbocycles. The molecule has 2 nitrogen and oxygen atoms in total. The zero-order valence-electron chi connectivity index (χ0n) is 11.5. The van der Waals surface area contributed by atoms with Gasteiger partial charge in [-0.2, -0.15) is 0 Å². The van der Waals surface area contributed by atoms with Gasteiger partial charge in [-0.3, -0.25) is 0 Å². The number of halogens is 1. The van der Waals surface area contributed by atoms with Gasteiger partial charge in [0.25, 0.3) is 0 Å². The predicted molar refractivity (Wildman–Crippen MR) is 82.0 cm³/mol. The van der Waals surface area contributed by atoms with Crippen molar-refractivity contribution in [2.75, 3.05) is 11.9 Å². The maximum atomic E-state index is 6.04. The van der Waals surface area contributed by atoms with Crippen LogP contribution in [0.2, 0.25) is 0 Å². The zero-order valence-corrected chi connectivity index (χ0v) is 13.1. The smallest absolute Gasteiger partial charge is 0.0521 e. The van der Waals surface area contributed by atoms with E-state index < -0.39 is 0 Å². The minimum absolute atomic E-state index is 0.0900. The monoisotopic (exact) mass is 310 g/mol. The number of aryl methyl sites for hydroxylation is 2. The zero-order chi connectivity index (χ0) is 13.3. The van der Waals surface area contributed by atoms with Crippen LogP contribution in [0.5, 0.6) is 0 Å². The quantitative estimate of drug-likeness (QED) is 0.885. The molecule has 0 amide bonds. The summed E-state index contributed by atoms with van der Waals surface area (Å²) >= 11 is 3.62. The van der Waals surface area contributed by atoms with Gasteiger partial charge in [-0.05, 0) is 55.9 Å². The van der Waals surface area contributed by atoms with Crippen molar-refractivity contribution < 1.29 is 0 Å². The van der Waals surface area contributed by atoms with Crippen molar-refractivity contribution in [3.05, 3.63) is 27.7 Å². The number of hydrogen-bond donors (Lipinski definition) is 2. The van der Waals surface area contributed by atoms with Crippen molar-refractivity contribution in [2.45, 2.75) is 45.6 Å². The predicted octanol–water partition coefficient (Wildman–Crippen LogP) is 4.00. The highest BCUT2D eigenvalue weighted by molar-refractivity contribution is 9.10. The van der Waals surface area contributed by atoms with Crippen LogP contribution >= 0.6 is 15.9 Å². The molecule has 1 fully saturated rings. The highest BCUT2D eigenvalue weighted by atomic mass is 79.9. The highest BCUT2D eigenvalue weighted by Crippen LogP contribution is 2.38. The second-order valence-electron chi connectivity index (χ2n) is 5.70. The van der Waals surface area contributed by atoms with E-state index in [1.807, 2.05) is 0 Å². The van der Waals surface area contributed by atoms with Crippen molar-refractivity contribution in [3.8, 4) is 0 Å². The van der Waals surface area contributed by atoms with E-state index in [2.05, 4.69) is 54.2 Å². The highest BCUT2D eigenvalue weighted by Gasteiger charge is 2.38. The number of nitrogens with two attached hydrogens (primary N) is 1. The molecule has 0 aliphatic heterocycles. The average molecular weight is 311 g/mol. The molecule has 1 aliphatic carbocycles. The van der Waals surface area contributed by atoms with Crippen LogP contribution in [-0.4, -0.2) is 12.1 Å². The second-order valence-corrected chi connectivity index (χ2v) is 6.50. The maximum Gasteiger partial charge on any atom is 0.0521 e. The van der Waals surface area contributed by atoms with Gasteiger partial charge in [0, 0.05) is 16.7 Å².